The molecular formula is C12H17N3O3. The number of nitro benzene ring substituents is 1. The molecule has 6 heteroatoms. The Morgan fingerprint density at radius 1 is 1.39 bits per heavy atom. The maximum absolute atomic E-state index is 11.4. The molecule has 1 rings (SSSR count). The summed E-state index contributed by atoms with van der Waals surface area (Å²) in [7, 11) is 0. The zero-order valence-corrected chi connectivity index (χ0v) is 10.5. The summed E-state index contributed by atoms with van der Waals surface area (Å²) >= 11 is 0. The molecule has 2 N–H and O–H groups in total. The Kier molecular flexibility index (Phi) is 5.10. The number of carbonyl (C=O) groups is 1. The van der Waals surface area contributed by atoms with Gasteiger partial charge in [0, 0.05) is 25.1 Å². The fourth-order valence-corrected chi connectivity index (χ4v) is 1.49. The first-order chi connectivity index (χ1) is 8.50. The molecule has 0 radical (unpaired) electrons. The number of amides is 1. The Morgan fingerprint density at radius 3 is 2.67 bits per heavy atom. The summed E-state index contributed by atoms with van der Waals surface area (Å²) < 4.78 is 0. The summed E-state index contributed by atoms with van der Waals surface area (Å²) in [5, 5.41) is 16.4. The van der Waals surface area contributed by atoms with Gasteiger partial charge in [-0.15, -0.1) is 0 Å². The smallest absolute Gasteiger partial charge is 0.292 e. The number of benzene rings is 1. The average molecular weight is 251 g/mol. The van der Waals surface area contributed by atoms with Gasteiger partial charge in [0.15, 0.2) is 0 Å². The third-order valence-electron chi connectivity index (χ3n) is 2.22. The van der Waals surface area contributed by atoms with E-state index in [1.165, 1.54) is 6.07 Å². The lowest BCUT2D eigenvalue weighted by Crippen LogP contribution is -2.31. The average Bonchev–Trinajstić information content (AvgIpc) is 2.28. The van der Waals surface area contributed by atoms with Crippen LogP contribution in [0.4, 0.5) is 11.4 Å². The number of hydrogen-bond donors (Lipinski definition) is 2. The Hall–Kier alpha value is -2.11. The second kappa shape index (κ2) is 6.58. The largest absolute Gasteiger partial charge is 0.379 e. The van der Waals surface area contributed by atoms with Crippen LogP contribution in [0.25, 0.3) is 0 Å². The molecule has 0 aliphatic rings. The third kappa shape index (κ3) is 4.40. The van der Waals surface area contributed by atoms with E-state index in [1.807, 2.05) is 13.8 Å². The maximum atomic E-state index is 11.4. The van der Waals surface area contributed by atoms with Crippen molar-refractivity contribution in [3.05, 3.63) is 34.4 Å². The van der Waals surface area contributed by atoms with Crippen LogP contribution in [0.15, 0.2) is 24.3 Å². The Morgan fingerprint density at radius 2 is 2.06 bits per heavy atom. The van der Waals surface area contributed by atoms with Gasteiger partial charge in [0.05, 0.1) is 4.92 Å². The molecule has 0 aliphatic heterocycles. The van der Waals surface area contributed by atoms with Gasteiger partial charge in [0.1, 0.15) is 5.69 Å². The highest BCUT2D eigenvalue weighted by Crippen LogP contribution is 2.22. The molecule has 1 amide bonds. The highest BCUT2D eigenvalue weighted by atomic mass is 16.6. The van der Waals surface area contributed by atoms with Crippen LogP contribution in [0.2, 0.25) is 0 Å². The molecule has 0 unspecified atom stereocenters. The zero-order chi connectivity index (χ0) is 13.5. The van der Waals surface area contributed by atoms with E-state index in [1.54, 1.807) is 18.2 Å². The van der Waals surface area contributed by atoms with Crippen molar-refractivity contribution in [2.45, 2.75) is 26.3 Å². The first kappa shape index (κ1) is 14.0. The SMILES string of the molecule is CC(C)NC(=O)CCNc1ccccc1[N+](=O)[O-]. The molecule has 6 nitrogen and oxygen atoms in total. The van der Waals surface area contributed by atoms with E-state index in [4.69, 9.17) is 0 Å². The number of para-hydroxylation sites is 2. The quantitative estimate of drug-likeness (QED) is 0.597. The molecule has 0 fully saturated rings. The number of anilines is 1. The van der Waals surface area contributed by atoms with Gasteiger partial charge in [-0.1, -0.05) is 12.1 Å². The number of nitro groups is 1. The van der Waals surface area contributed by atoms with Gasteiger partial charge < -0.3 is 10.6 Å². The van der Waals surface area contributed by atoms with Gasteiger partial charge >= 0.3 is 0 Å². The van der Waals surface area contributed by atoms with Crippen LogP contribution < -0.4 is 10.6 Å². The van der Waals surface area contributed by atoms with E-state index >= 15 is 0 Å². The van der Waals surface area contributed by atoms with Gasteiger partial charge in [0.25, 0.3) is 5.69 Å². The molecule has 18 heavy (non-hydrogen) atoms. The molecule has 98 valence electrons. The zero-order valence-electron chi connectivity index (χ0n) is 10.5. The van der Waals surface area contributed by atoms with Crippen molar-refractivity contribution >= 4 is 17.3 Å². The van der Waals surface area contributed by atoms with Gasteiger partial charge in [-0.05, 0) is 19.9 Å². The summed E-state index contributed by atoms with van der Waals surface area (Å²) in [6.07, 6.45) is 0.282. The standard InChI is InChI=1S/C12H17N3O3/c1-9(2)14-12(16)7-8-13-10-5-3-4-6-11(10)15(17)18/h3-6,9,13H,7-8H2,1-2H3,(H,14,16). The van der Waals surface area contributed by atoms with Crippen LogP contribution in [0.3, 0.4) is 0 Å². The number of hydrogen-bond acceptors (Lipinski definition) is 4. The minimum absolute atomic E-state index is 0.0155. The molecule has 1 aromatic carbocycles. The lowest BCUT2D eigenvalue weighted by atomic mass is 10.2. The van der Waals surface area contributed by atoms with Gasteiger partial charge in [-0.3, -0.25) is 14.9 Å². The van der Waals surface area contributed by atoms with Gasteiger partial charge in [-0.25, -0.2) is 0 Å². The number of nitrogens with zero attached hydrogens (tertiary/aromatic N) is 1. The normalized spacial score (nSPS) is 10.2. The first-order valence-corrected chi connectivity index (χ1v) is 5.77. The van der Waals surface area contributed by atoms with Crippen molar-refractivity contribution in [2.24, 2.45) is 0 Å². The van der Waals surface area contributed by atoms with Crippen LogP contribution in [0.1, 0.15) is 20.3 Å². The highest BCUT2D eigenvalue weighted by Gasteiger charge is 2.12. The van der Waals surface area contributed by atoms with Gasteiger partial charge in [-0.2, -0.15) is 0 Å². The minimum atomic E-state index is -0.448. The van der Waals surface area contributed by atoms with Crippen LogP contribution >= 0.6 is 0 Å². The summed E-state index contributed by atoms with van der Waals surface area (Å²) in [5.74, 6) is -0.0731. The molecule has 0 saturated heterocycles. The maximum Gasteiger partial charge on any atom is 0.292 e. The molecular weight excluding hydrogens is 234 g/mol. The Labute approximate surface area is 106 Å². The van der Waals surface area contributed by atoms with Crippen molar-refractivity contribution in [1.82, 2.24) is 5.32 Å². The van der Waals surface area contributed by atoms with Crippen molar-refractivity contribution in [1.29, 1.82) is 0 Å². The predicted octanol–water partition coefficient (Wildman–Crippen LogP) is 1.92. The molecule has 0 aliphatic carbocycles. The first-order valence-electron chi connectivity index (χ1n) is 5.77. The molecule has 0 aromatic heterocycles. The van der Waals surface area contributed by atoms with Crippen LogP contribution in [-0.2, 0) is 4.79 Å². The monoisotopic (exact) mass is 251 g/mol. The van der Waals surface area contributed by atoms with E-state index in [9.17, 15) is 14.9 Å². The summed E-state index contributed by atoms with van der Waals surface area (Å²) in [6, 6.07) is 6.47. The van der Waals surface area contributed by atoms with E-state index in [0.29, 0.717) is 12.2 Å². The summed E-state index contributed by atoms with van der Waals surface area (Å²) in [4.78, 5) is 21.7. The second-order valence-electron chi connectivity index (χ2n) is 4.17. The minimum Gasteiger partial charge on any atom is -0.379 e. The molecule has 0 spiro atoms. The highest BCUT2D eigenvalue weighted by molar-refractivity contribution is 5.76. The third-order valence-corrected chi connectivity index (χ3v) is 2.22. The van der Waals surface area contributed by atoms with Crippen LogP contribution in [-0.4, -0.2) is 23.4 Å². The topological polar surface area (TPSA) is 84.3 Å². The second-order valence-corrected chi connectivity index (χ2v) is 4.17. The number of rotatable bonds is 6. The van der Waals surface area contributed by atoms with Crippen molar-refractivity contribution in [3.63, 3.8) is 0 Å². The van der Waals surface area contributed by atoms with Crippen molar-refractivity contribution in [3.8, 4) is 0 Å². The van der Waals surface area contributed by atoms with Crippen LogP contribution in [0, 0.1) is 10.1 Å². The molecule has 1 aromatic rings. The van der Waals surface area contributed by atoms with Crippen LogP contribution in [0.5, 0.6) is 0 Å². The van der Waals surface area contributed by atoms with E-state index in [2.05, 4.69) is 10.6 Å². The van der Waals surface area contributed by atoms with Gasteiger partial charge in [0.2, 0.25) is 5.91 Å². The molecule has 0 bridgehead atoms. The fraction of sp³-hybridized carbons (Fsp3) is 0.417. The molecule has 0 heterocycles. The van der Waals surface area contributed by atoms with E-state index in [0.717, 1.165) is 0 Å². The number of carbonyl (C=O) groups excluding carboxylic acids is 1. The number of nitrogens with one attached hydrogen (secondary N) is 2. The predicted molar refractivity (Wildman–Crippen MR) is 69.5 cm³/mol. The van der Waals surface area contributed by atoms with E-state index < -0.39 is 4.92 Å². The lowest BCUT2D eigenvalue weighted by Gasteiger charge is -2.09. The fourth-order valence-electron chi connectivity index (χ4n) is 1.49. The molecule has 0 saturated carbocycles. The summed E-state index contributed by atoms with van der Waals surface area (Å²) in [5.41, 5.74) is 0.446. The van der Waals surface area contributed by atoms with E-state index in [-0.39, 0.29) is 24.1 Å². The molecule has 0 atom stereocenters. The van der Waals surface area contributed by atoms with Crippen molar-refractivity contribution < 1.29 is 9.72 Å². The Bertz CT molecular complexity index is 432. The summed E-state index contributed by atoms with van der Waals surface area (Å²) in [6.45, 7) is 4.13. The van der Waals surface area contributed by atoms with Crippen molar-refractivity contribution in [2.75, 3.05) is 11.9 Å². The Balaban J connectivity index is 2.49. The lowest BCUT2D eigenvalue weighted by molar-refractivity contribution is -0.384.